The van der Waals surface area contributed by atoms with E-state index in [1.54, 1.807) is 0 Å². The molecular weight excluding hydrogens is 191 g/mol. The summed E-state index contributed by atoms with van der Waals surface area (Å²) in [4.78, 5) is 0. The van der Waals surface area contributed by atoms with Gasteiger partial charge in [0.25, 0.3) is 0 Å². The minimum atomic E-state index is -3.69. The first-order valence-corrected chi connectivity index (χ1v) is 2.33. The van der Waals surface area contributed by atoms with E-state index in [0.717, 1.165) is 0 Å². The van der Waals surface area contributed by atoms with E-state index in [4.69, 9.17) is 11.4 Å². The van der Waals surface area contributed by atoms with E-state index in [9.17, 15) is 0 Å². The van der Waals surface area contributed by atoms with E-state index in [2.05, 4.69) is 0 Å². The Morgan fingerprint density at radius 2 is 1.50 bits per heavy atom. The van der Waals surface area contributed by atoms with Crippen LogP contribution in [0, 0.1) is 0 Å². The summed E-state index contributed by atoms with van der Waals surface area (Å²) < 4.78 is 24.4. The molecule has 0 aliphatic carbocycles. The fourth-order valence-corrected chi connectivity index (χ4v) is 0. The summed E-state index contributed by atoms with van der Waals surface area (Å²) in [7, 11) is 0. The Morgan fingerprint density at radius 1 is 1.50 bits per heavy atom. The van der Waals surface area contributed by atoms with Crippen LogP contribution >= 0.6 is 0 Å². The third kappa shape index (κ3) is 38.6. The zero-order valence-electron chi connectivity index (χ0n) is 4.83. The average Bonchev–Trinajstić information content (AvgIpc) is 0.811. The fraction of sp³-hybridized carbons (Fsp3) is 0. The molecule has 0 fully saturated rings. The van der Waals surface area contributed by atoms with Crippen molar-refractivity contribution in [3.05, 3.63) is 0 Å². The van der Waals surface area contributed by atoms with Gasteiger partial charge < -0.3 is 2.85 Å². The number of hydrogen-bond acceptors (Lipinski definition) is 2. The number of hydrogen-bond donors (Lipinski definition) is 1. The van der Waals surface area contributed by atoms with Gasteiger partial charge in [-0.05, 0) is 0 Å². The molecule has 0 bridgehead atoms. The van der Waals surface area contributed by atoms with Crippen LogP contribution < -0.4 is 0 Å². The summed E-state index contributed by atoms with van der Waals surface area (Å²) in [6.45, 7) is 0. The summed E-state index contributed by atoms with van der Waals surface area (Å²) in [5.74, 6) is 0. The molecule has 0 aromatic heterocycles. The van der Waals surface area contributed by atoms with Gasteiger partial charge in [0.15, 0.2) is 0 Å². The SMILES string of the molecule is [Ca+2].[Cr].[H-].[H-].[O]=[V](=[O])[OH]. The molecular formula is H3CaCrO3V. The molecule has 0 unspecified atom stereocenters. The van der Waals surface area contributed by atoms with Crippen molar-refractivity contribution in [2.24, 2.45) is 0 Å². The van der Waals surface area contributed by atoms with Crippen LogP contribution in [0.3, 0.4) is 0 Å². The molecule has 6 heavy (non-hydrogen) atoms. The predicted octanol–water partition coefficient (Wildman–Crippen LogP) is -0.955. The zero-order chi connectivity index (χ0) is 3.58. The van der Waals surface area contributed by atoms with Crippen LogP contribution in [0.25, 0.3) is 0 Å². The van der Waals surface area contributed by atoms with Gasteiger partial charge in [0.2, 0.25) is 0 Å². The van der Waals surface area contributed by atoms with Crippen LogP contribution in [0.5, 0.6) is 0 Å². The van der Waals surface area contributed by atoms with Crippen molar-refractivity contribution >= 4 is 37.7 Å². The summed E-state index contributed by atoms with van der Waals surface area (Å²) in [6, 6.07) is 0. The van der Waals surface area contributed by atoms with Crippen molar-refractivity contribution in [2.75, 3.05) is 0 Å². The van der Waals surface area contributed by atoms with Gasteiger partial charge in [-0.25, -0.2) is 0 Å². The van der Waals surface area contributed by atoms with Crippen LogP contribution in [0.1, 0.15) is 2.85 Å². The van der Waals surface area contributed by atoms with Crippen LogP contribution in [0.15, 0.2) is 0 Å². The molecule has 34 valence electrons. The Hall–Kier alpha value is 1.94. The molecule has 0 aliphatic rings. The molecule has 6 heteroatoms. The second-order valence-electron chi connectivity index (χ2n) is 0.238. The van der Waals surface area contributed by atoms with E-state index < -0.39 is 15.4 Å². The summed E-state index contributed by atoms with van der Waals surface area (Å²) in [5, 5.41) is 0. The van der Waals surface area contributed by atoms with Crippen LogP contribution in [0.2, 0.25) is 0 Å². The molecule has 0 radical (unpaired) electrons. The predicted molar refractivity (Wildman–Crippen MR) is 11.6 cm³/mol. The second-order valence-corrected chi connectivity index (χ2v) is 0.981. The van der Waals surface area contributed by atoms with Crippen molar-refractivity contribution in [1.82, 2.24) is 0 Å². The monoisotopic (exact) mass is 194 g/mol. The summed E-state index contributed by atoms with van der Waals surface area (Å²) in [5.41, 5.74) is 0. The Morgan fingerprint density at radius 3 is 1.50 bits per heavy atom. The van der Waals surface area contributed by atoms with Gasteiger partial charge in [0.1, 0.15) is 0 Å². The maximum atomic E-state index is 8.67. The minimum absolute atomic E-state index is 0. The van der Waals surface area contributed by atoms with Gasteiger partial charge in [-0.2, -0.15) is 0 Å². The summed E-state index contributed by atoms with van der Waals surface area (Å²) in [6.07, 6.45) is 0. The topological polar surface area (TPSA) is 54.4 Å². The molecule has 3 nitrogen and oxygen atoms in total. The fourth-order valence-electron chi connectivity index (χ4n) is 0. The van der Waals surface area contributed by atoms with Gasteiger partial charge in [0, 0.05) is 17.4 Å². The first-order valence-electron chi connectivity index (χ1n) is 0.565. The van der Waals surface area contributed by atoms with E-state index >= 15 is 0 Å². The molecule has 0 aromatic carbocycles. The molecule has 0 saturated heterocycles. The maximum absolute atomic E-state index is 8.67. The van der Waals surface area contributed by atoms with Gasteiger partial charge in [-0.3, -0.25) is 0 Å². The average molecular weight is 194 g/mol. The molecule has 0 amide bonds. The Balaban J connectivity index is -0.00000000750. The van der Waals surface area contributed by atoms with Gasteiger partial charge in [-0.1, -0.05) is 0 Å². The molecule has 0 saturated carbocycles. The van der Waals surface area contributed by atoms with Crippen molar-refractivity contribution in [3.63, 3.8) is 0 Å². The first-order chi connectivity index (χ1) is 1.73. The molecule has 0 atom stereocenters. The van der Waals surface area contributed by atoms with Gasteiger partial charge in [0.05, 0.1) is 0 Å². The van der Waals surface area contributed by atoms with Crippen molar-refractivity contribution in [1.29, 1.82) is 0 Å². The molecule has 0 aromatic rings. The van der Waals surface area contributed by atoms with Crippen LogP contribution in [-0.2, 0) is 40.1 Å². The Bertz CT molecular complexity index is 65.7. The zero-order valence-corrected chi connectivity index (χ0v) is 7.71. The van der Waals surface area contributed by atoms with Crippen LogP contribution in [-0.4, -0.2) is 41.8 Å². The van der Waals surface area contributed by atoms with E-state index in [1.165, 1.54) is 0 Å². The van der Waals surface area contributed by atoms with Crippen molar-refractivity contribution in [2.45, 2.75) is 0 Å². The molecule has 0 aliphatic heterocycles. The van der Waals surface area contributed by atoms with E-state index in [0.29, 0.717) is 0 Å². The molecule has 0 rings (SSSR count). The van der Waals surface area contributed by atoms with Gasteiger partial charge in [-0.15, -0.1) is 0 Å². The normalized spacial score (nSPS) is 4.17. The van der Waals surface area contributed by atoms with Crippen molar-refractivity contribution < 1.29 is 47.0 Å². The van der Waals surface area contributed by atoms with Crippen molar-refractivity contribution in [3.8, 4) is 0 Å². The number of rotatable bonds is 0. The van der Waals surface area contributed by atoms with Crippen LogP contribution in [0.4, 0.5) is 0 Å². The van der Waals surface area contributed by atoms with E-state index in [1.807, 2.05) is 0 Å². The van der Waals surface area contributed by atoms with Gasteiger partial charge >= 0.3 is 64.5 Å². The summed E-state index contributed by atoms with van der Waals surface area (Å²) >= 11 is -3.69. The standard InChI is InChI=1S/Ca.Cr.H2O.2O.V.2H/h;;1H2;;;;;/q+2;;;;;+1;2*-1/p-1. The quantitative estimate of drug-likeness (QED) is 0.505. The molecule has 1 N–H and O–H groups in total. The Labute approximate surface area is 83.6 Å². The molecule has 0 heterocycles. The van der Waals surface area contributed by atoms with E-state index in [-0.39, 0.29) is 58.0 Å². The Kier molecular flexibility index (Phi) is 26.2. The third-order valence-electron chi connectivity index (χ3n) is 0. The third-order valence-corrected chi connectivity index (χ3v) is 0. The first kappa shape index (κ1) is 15.7. The second kappa shape index (κ2) is 10.0. The molecule has 0 spiro atoms.